The Morgan fingerprint density at radius 2 is 1.85 bits per heavy atom. The molecule has 0 aliphatic carbocycles. The van der Waals surface area contributed by atoms with Crippen LogP contribution in [0.2, 0.25) is 0 Å². The molecule has 0 amide bonds. The number of carbonyl (C=O) groups is 1. The Hall–Kier alpha value is -1.44. The van der Waals surface area contributed by atoms with Crippen molar-refractivity contribution in [3.05, 3.63) is 35.9 Å². The van der Waals surface area contributed by atoms with Gasteiger partial charge in [-0.1, -0.05) is 30.3 Å². The summed E-state index contributed by atoms with van der Waals surface area (Å²) in [7, 11) is -3.46. The fourth-order valence-electron chi connectivity index (χ4n) is 3.24. The molecule has 146 valence electrons. The molecular formula is C19H29NO5S. The van der Waals surface area contributed by atoms with E-state index in [1.54, 1.807) is 0 Å². The lowest BCUT2D eigenvalue weighted by Crippen LogP contribution is -2.43. The van der Waals surface area contributed by atoms with Crippen LogP contribution < -0.4 is 0 Å². The summed E-state index contributed by atoms with van der Waals surface area (Å²) in [5.41, 5.74) is 0.574. The number of rotatable bonds is 7. The van der Waals surface area contributed by atoms with Gasteiger partial charge < -0.3 is 4.74 Å². The molecule has 0 unspecified atom stereocenters. The summed E-state index contributed by atoms with van der Waals surface area (Å²) >= 11 is 0. The molecule has 0 saturated carbocycles. The van der Waals surface area contributed by atoms with Gasteiger partial charge in [-0.05, 0) is 45.6 Å². The van der Waals surface area contributed by atoms with Gasteiger partial charge in [0.15, 0.2) is 0 Å². The molecule has 0 aromatic heterocycles. The van der Waals surface area contributed by atoms with Crippen LogP contribution in [0.1, 0.15) is 45.6 Å². The Morgan fingerprint density at radius 1 is 1.19 bits per heavy atom. The van der Waals surface area contributed by atoms with E-state index in [0.29, 0.717) is 19.4 Å². The first-order valence-electron chi connectivity index (χ1n) is 8.92. The molecule has 1 aromatic carbocycles. The van der Waals surface area contributed by atoms with Crippen LogP contribution in [0.25, 0.3) is 0 Å². The molecule has 1 aliphatic heterocycles. The third-order valence-corrected chi connectivity index (χ3v) is 4.87. The van der Waals surface area contributed by atoms with E-state index in [2.05, 4.69) is 4.90 Å². The molecular weight excluding hydrogens is 354 g/mol. The van der Waals surface area contributed by atoms with Gasteiger partial charge in [-0.15, -0.1) is 0 Å². The van der Waals surface area contributed by atoms with Crippen molar-refractivity contribution in [1.29, 1.82) is 0 Å². The van der Waals surface area contributed by atoms with Crippen LogP contribution in [0, 0.1) is 0 Å². The number of ether oxygens (including phenoxy) is 1. The molecule has 1 heterocycles. The first kappa shape index (κ1) is 20.9. The predicted octanol–water partition coefficient (Wildman–Crippen LogP) is 2.73. The second-order valence-electron chi connectivity index (χ2n) is 7.75. The monoisotopic (exact) mass is 383 g/mol. The Bertz CT molecular complexity index is 696. The largest absolute Gasteiger partial charge is 0.459 e. The first-order valence-corrected chi connectivity index (χ1v) is 10.7. The molecule has 2 rings (SSSR count). The summed E-state index contributed by atoms with van der Waals surface area (Å²) in [4.78, 5) is 14.8. The molecule has 26 heavy (non-hydrogen) atoms. The topological polar surface area (TPSA) is 72.9 Å². The second kappa shape index (κ2) is 8.50. The van der Waals surface area contributed by atoms with Crippen LogP contribution in [0.15, 0.2) is 30.3 Å². The van der Waals surface area contributed by atoms with Crippen LogP contribution in [0.5, 0.6) is 0 Å². The smallest absolute Gasteiger partial charge is 0.323 e. The van der Waals surface area contributed by atoms with E-state index in [4.69, 9.17) is 8.92 Å². The van der Waals surface area contributed by atoms with E-state index in [1.807, 2.05) is 51.1 Å². The Labute approximate surface area is 156 Å². The molecule has 1 aromatic rings. The van der Waals surface area contributed by atoms with E-state index in [-0.39, 0.29) is 24.7 Å². The minimum Gasteiger partial charge on any atom is -0.459 e. The van der Waals surface area contributed by atoms with Gasteiger partial charge in [0.25, 0.3) is 10.1 Å². The zero-order valence-electron chi connectivity index (χ0n) is 16.0. The lowest BCUT2D eigenvalue weighted by molar-refractivity contribution is -0.161. The quantitative estimate of drug-likeness (QED) is 0.532. The molecule has 1 saturated heterocycles. The summed E-state index contributed by atoms with van der Waals surface area (Å²) in [6.07, 6.45) is 3.11. The van der Waals surface area contributed by atoms with E-state index in [9.17, 15) is 13.2 Å². The lowest BCUT2D eigenvalue weighted by atomic mass is 10.1. The van der Waals surface area contributed by atoms with Gasteiger partial charge in [-0.25, -0.2) is 0 Å². The predicted molar refractivity (Wildman–Crippen MR) is 100 cm³/mol. The van der Waals surface area contributed by atoms with E-state index in [0.717, 1.165) is 18.2 Å². The third kappa shape index (κ3) is 6.70. The van der Waals surface area contributed by atoms with Gasteiger partial charge in [0, 0.05) is 12.6 Å². The molecule has 7 heteroatoms. The molecule has 0 N–H and O–H groups in total. The van der Waals surface area contributed by atoms with Crippen LogP contribution in [0.4, 0.5) is 0 Å². The van der Waals surface area contributed by atoms with Crippen molar-refractivity contribution in [2.75, 3.05) is 12.9 Å². The van der Waals surface area contributed by atoms with Crippen LogP contribution >= 0.6 is 0 Å². The Morgan fingerprint density at radius 3 is 2.42 bits per heavy atom. The normalized spacial score (nSPS) is 21.7. The molecule has 6 nitrogen and oxygen atoms in total. The maximum Gasteiger partial charge on any atom is 0.323 e. The number of hydrogen-bond donors (Lipinski definition) is 0. The summed E-state index contributed by atoms with van der Waals surface area (Å²) in [6, 6.07) is 9.69. The summed E-state index contributed by atoms with van der Waals surface area (Å²) in [6.45, 7) is 6.32. The zero-order valence-corrected chi connectivity index (χ0v) is 16.8. The average Bonchev–Trinajstić information content (AvgIpc) is 2.88. The van der Waals surface area contributed by atoms with Crippen LogP contribution in [-0.4, -0.2) is 49.8 Å². The number of likely N-dealkylation sites (tertiary alicyclic amines) is 1. The number of hydrogen-bond acceptors (Lipinski definition) is 6. The van der Waals surface area contributed by atoms with Crippen molar-refractivity contribution in [3.63, 3.8) is 0 Å². The van der Waals surface area contributed by atoms with Crippen molar-refractivity contribution in [2.24, 2.45) is 0 Å². The molecule has 1 fully saturated rings. The fraction of sp³-hybridized carbons (Fsp3) is 0.632. The molecule has 0 bridgehead atoms. The molecule has 2 atom stereocenters. The highest BCUT2D eigenvalue weighted by atomic mass is 32.2. The lowest BCUT2D eigenvalue weighted by Gasteiger charge is -2.31. The van der Waals surface area contributed by atoms with Gasteiger partial charge in [0.1, 0.15) is 11.6 Å². The summed E-state index contributed by atoms with van der Waals surface area (Å²) < 4.78 is 32.9. The maximum atomic E-state index is 12.6. The molecule has 0 spiro atoms. The number of benzene rings is 1. The van der Waals surface area contributed by atoms with Crippen molar-refractivity contribution < 1.29 is 22.1 Å². The standard InChI is InChI=1S/C19H29NO5S/c1-19(2,3)25-18(21)17-11-10-16(12-13-24-26(4,22)23)20(17)14-15-8-6-5-7-9-15/h5-9,16-17H,10-14H2,1-4H3/t16-,17+/m1/s1. The average molecular weight is 384 g/mol. The minimum atomic E-state index is -3.46. The summed E-state index contributed by atoms with van der Waals surface area (Å²) in [5, 5.41) is 0. The summed E-state index contributed by atoms with van der Waals surface area (Å²) in [5.74, 6) is -0.222. The second-order valence-corrected chi connectivity index (χ2v) is 9.40. The van der Waals surface area contributed by atoms with Gasteiger partial charge >= 0.3 is 5.97 Å². The number of carbonyl (C=O) groups excluding carboxylic acids is 1. The third-order valence-electron chi connectivity index (χ3n) is 4.28. The first-order chi connectivity index (χ1) is 12.1. The van der Waals surface area contributed by atoms with Crippen LogP contribution in [-0.2, 0) is 30.4 Å². The Kier molecular flexibility index (Phi) is 6.82. The fourth-order valence-corrected chi connectivity index (χ4v) is 3.64. The van der Waals surface area contributed by atoms with Gasteiger partial charge in [0.2, 0.25) is 0 Å². The van der Waals surface area contributed by atoms with Crippen molar-refractivity contribution >= 4 is 16.1 Å². The highest BCUT2D eigenvalue weighted by molar-refractivity contribution is 7.85. The van der Waals surface area contributed by atoms with E-state index < -0.39 is 15.7 Å². The van der Waals surface area contributed by atoms with E-state index >= 15 is 0 Å². The van der Waals surface area contributed by atoms with Gasteiger partial charge in [-0.3, -0.25) is 13.9 Å². The number of esters is 1. The van der Waals surface area contributed by atoms with Crippen molar-refractivity contribution in [1.82, 2.24) is 4.90 Å². The van der Waals surface area contributed by atoms with Gasteiger partial charge in [-0.2, -0.15) is 8.42 Å². The zero-order chi connectivity index (χ0) is 19.4. The molecule has 0 radical (unpaired) electrons. The van der Waals surface area contributed by atoms with E-state index in [1.165, 1.54) is 0 Å². The Balaban J connectivity index is 2.10. The van der Waals surface area contributed by atoms with Crippen molar-refractivity contribution in [2.45, 2.75) is 64.3 Å². The minimum absolute atomic E-state index is 0.0782. The van der Waals surface area contributed by atoms with Gasteiger partial charge in [0.05, 0.1) is 12.9 Å². The van der Waals surface area contributed by atoms with Crippen LogP contribution in [0.3, 0.4) is 0 Å². The van der Waals surface area contributed by atoms with Crippen molar-refractivity contribution in [3.8, 4) is 0 Å². The highest BCUT2D eigenvalue weighted by Crippen LogP contribution is 2.30. The SMILES string of the molecule is CC(C)(C)OC(=O)[C@@H]1CC[C@H](CCOS(C)(=O)=O)N1Cc1ccccc1. The molecule has 1 aliphatic rings. The highest BCUT2D eigenvalue weighted by Gasteiger charge is 2.39. The number of nitrogens with zero attached hydrogens (tertiary/aromatic N) is 1. The maximum absolute atomic E-state index is 12.6.